The van der Waals surface area contributed by atoms with E-state index < -0.39 is 0 Å². The minimum atomic E-state index is 0.721. The quantitative estimate of drug-likeness (QED) is 0.550. The second-order valence-corrected chi connectivity index (χ2v) is 5.90. The Labute approximate surface area is 146 Å². The molecule has 0 spiro atoms. The Bertz CT molecular complexity index is 908. The Balaban J connectivity index is 1.76. The number of rotatable bonds is 5. The van der Waals surface area contributed by atoms with E-state index in [2.05, 4.69) is 68.4 Å². The standard InChI is InChI=1S/C21H18N4/c1-3-8-17(9-4-1)14-25(15-18-10-5-2-6-11-18)21-19-12-7-13-22-20(19)23-16-24-21/h1-13,16H,14-15H2. The molecule has 0 unspecified atom stereocenters. The first-order valence-electron chi connectivity index (χ1n) is 8.29. The van der Waals surface area contributed by atoms with E-state index in [0.717, 1.165) is 29.9 Å². The van der Waals surface area contributed by atoms with Gasteiger partial charge in [0.1, 0.15) is 12.1 Å². The van der Waals surface area contributed by atoms with Crippen molar-refractivity contribution in [3.05, 3.63) is 96.4 Å². The first-order valence-corrected chi connectivity index (χ1v) is 8.29. The minimum Gasteiger partial charge on any atom is -0.347 e. The summed E-state index contributed by atoms with van der Waals surface area (Å²) in [6.07, 6.45) is 3.35. The topological polar surface area (TPSA) is 41.9 Å². The van der Waals surface area contributed by atoms with Crippen molar-refractivity contribution >= 4 is 16.9 Å². The van der Waals surface area contributed by atoms with Gasteiger partial charge < -0.3 is 4.90 Å². The van der Waals surface area contributed by atoms with Crippen molar-refractivity contribution in [2.24, 2.45) is 0 Å². The number of hydrogen-bond donors (Lipinski definition) is 0. The number of aromatic nitrogens is 3. The summed E-state index contributed by atoms with van der Waals surface area (Å²) < 4.78 is 0. The van der Waals surface area contributed by atoms with Crippen molar-refractivity contribution in [2.45, 2.75) is 13.1 Å². The van der Waals surface area contributed by atoms with Crippen LogP contribution in [0.15, 0.2) is 85.3 Å². The molecule has 0 bridgehead atoms. The Morgan fingerprint density at radius 1 is 0.640 bits per heavy atom. The zero-order valence-electron chi connectivity index (χ0n) is 13.8. The van der Waals surface area contributed by atoms with Crippen LogP contribution in [-0.4, -0.2) is 15.0 Å². The van der Waals surface area contributed by atoms with E-state index in [9.17, 15) is 0 Å². The van der Waals surface area contributed by atoms with Crippen molar-refractivity contribution in [1.82, 2.24) is 15.0 Å². The molecular formula is C21H18N4. The number of anilines is 1. The number of nitrogens with zero attached hydrogens (tertiary/aromatic N) is 4. The first-order chi connectivity index (χ1) is 12.4. The van der Waals surface area contributed by atoms with Gasteiger partial charge in [0.15, 0.2) is 5.65 Å². The van der Waals surface area contributed by atoms with Crippen LogP contribution in [0, 0.1) is 0 Å². The zero-order valence-corrected chi connectivity index (χ0v) is 13.8. The van der Waals surface area contributed by atoms with Crippen LogP contribution in [-0.2, 0) is 13.1 Å². The minimum absolute atomic E-state index is 0.721. The van der Waals surface area contributed by atoms with Crippen molar-refractivity contribution in [3.63, 3.8) is 0 Å². The van der Waals surface area contributed by atoms with Crippen molar-refractivity contribution in [2.75, 3.05) is 4.90 Å². The SMILES string of the molecule is c1ccc(CN(Cc2ccccc2)c2ncnc3ncccc23)cc1. The van der Waals surface area contributed by atoms with E-state index in [0.29, 0.717) is 0 Å². The van der Waals surface area contributed by atoms with Gasteiger partial charge in [0.2, 0.25) is 0 Å². The Hall–Kier alpha value is -3.27. The van der Waals surface area contributed by atoms with E-state index in [-0.39, 0.29) is 0 Å². The number of pyridine rings is 1. The van der Waals surface area contributed by atoms with Gasteiger partial charge in [-0.25, -0.2) is 15.0 Å². The maximum atomic E-state index is 4.57. The molecule has 0 amide bonds. The largest absolute Gasteiger partial charge is 0.347 e. The fourth-order valence-corrected chi connectivity index (χ4v) is 2.95. The molecule has 2 aromatic carbocycles. The summed E-state index contributed by atoms with van der Waals surface area (Å²) in [5, 5.41) is 0.969. The third-order valence-corrected chi connectivity index (χ3v) is 4.12. The molecule has 4 aromatic rings. The molecule has 2 heterocycles. The van der Waals surface area contributed by atoms with Gasteiger partial charge >= 0.3 is 0 Å². The van der Waals surface area contributed by atoms with Crippen molar-refractivity contribution in [1.29, 1.82) is 0 Å². The molecule has 0 aliphatic rings. The van der Waals surface area contributed by atoms with E-state index in [1.165, 1.54) is 11.1 Å². The molecule has 0 N–H and O–H groups in total. The van der Waals surface area contributed by atoms with Gasteiger partial charge in [-0.1, -0.05) is 60.7 Å². The van der Waals surface area contributed by atoms with Gasteiger partial charge in [-0.3, -0.25) is 0 Å². The van der Waals surface area contributed by atoms with Crippen LogP contribution in [0.3, 0.4) is 0 Å². The van der Waals surface area contributed by atoms with Crippen molar-refractivity contribution in [3.8, 4) is 0 Å². The van der Waals surface area contributed by atoms with Gasteiger partial charge in [0.05, 0.1) is 5.39 Å². The molecule has 25 heavy (non-hydrogen) atoms. The summed E-state index contributed by atoms with van der Waals surface area (Å²) in [5.41, 5.74) is 3.21. The van der Waals surface area contributed by atoms with Gasteiger partial charge in [0.25, 0.3) is 0 Å². The number of fused-ring (bicyclic) bond motifs is 1. The molecule has 0 saturated heterocycles. The molecule has 0 atom stereocenters. The van der Waals surface area contributed by atoms with E-state index >= 15 is 0 Å². The van der Waals surface area contributed by atoms with Gasteiger partial charge in [-0.15, -0.1) is 0 Å². The second-order valence-electron chi connectivity index (χ2n) is 5.90. The van der Waals surface area contributed by atoms with E-state index in [4.69, 9.17) is 0 Å². The van der Waals surface area contributed by atoms with Crippen LogP contribution in [0.4, 0.5) is 5.82 Å². The third kappa shape index (κ3) is 3.48. The Morgan fingerprint density at radius 3 is 1.92 bits per heavy atom. The fourth-order valence-electron chi connectivity index (χ4n) is 2.95. The summed E-state index contributed by atoms with van der Waals surface area (Å²) in [5.74, 6) is 0.908. The average molecular weight is 326 g/mol. The van der Waals surface area contributed by atoms with Crippen LogP contribution in [0.5, 0.6) is 0 Å². The lowest BCUT2D eigenvalue weighted by Gasteiger charge is -2.25. The highest BCUT2D eigenvalue weighted by Gasteiger charge is 2.14. The summed E-state index contributed by atoms with van der Waals surface area (Å²) in [4.78, 5) is 15.5. The number of hydrogen-bond acceptors (Lipinski definition) is 4. The molecule has 4 heteroatoms. The zero-order chi connectivity index (χ0) is 16.9. The second kappa shape index (κ2) is 7.09. The van der Waals surface area contributed by atoms with Crippen LogP contribution in [0.2, 0.25) is 0 Å². The predicted octanol–water partition coefficient (Wildman–Crippen LogP) is 4.23. The van der Waals surface area contributed by atoms with Crippen LogP contribution >= 0.6 is 0 Å². The van der Waals surface area contributed by atoms with Gasteiger partial charge in [0, 0.05) is 19.3 Å². The van der Waals surface area contributed by atoms with Crippen LogP contribution in [0.25, 0.3) is 11.0 Å². The maximum Gasteiger partial charge on any atom is 0.164 e. The highest BCUT2D eigenvalue weighted by atomic mass is 15.2. The predicted molar refractivity (Wildman–Crippen MR) is 100 cm³/mol. The molecule has 0 saturated carbocycles. The monoisotopic (exact) mass is 326 g/mol. The lowest BCUT2D eigenvalue weighted by molar-refractivity contribution is 0.786. The lowest BCUT2D eigenvalue weighted by Crippen LogP contribution is -2.23. The normalized spacial score (nSPS) is 10.7. The van der Waals surface area contributed by atoms with Gasteiger partial charge in [-0.05, 0) is 23.3 Å². The van der Waals surface area contributed by atoms with E-state index in [1.807, 2.05) is 24.3 Å². The van der Waals surface area contributed by atoms with Gasteiger partial charge in [-0.2, -0.15) is 0 Å². The third-order valence-electron chi connectivity index (χ3n) is 4.12. The summed E-state index contributed by atoms with van der Waals surface area (Å²) in [6.45, 7) is 1.55. The Kier molecular flexibility index (Phi) is 4.33. The van der Waals surface area contributed by atoms with Crippen LogP contribution < -0.4 is 4.90 Å². The highest BCUT2D eigenvalue weighted by molar-refractivity contribution is 5.86. The Morgan fingerprint density at radius 2 is 1.28 bits per heavy atom. The lowest BCUT2D eigenvalue weighted by atomic mass is 10.1. The first kappa shape index (κ1) is 15.3. The van der Waals surface area contributed by atoms with Crippen LogP contribution in [0.1, 0.15) is 11.1 Å². The van der Waals surface area contributed by atoms with E-state index in [1.54, 1.807) is 12.5 Å². The molecule has 0 aliphatic heterocycles. The van der Waals surface area contributed by atoms with Crippen molar-refractivity contribution < 1.29 is 0 Å². The molecule has 122 valence electrons. The molecule has 4 rings (SSSR count). The molecule has 0 radical (unpaired) electrons. The smallest absolute Gasteiger partial charge is 0.164 e. The molecule has 0 aliphatic carbocycles. The molecular weight excluding hydrogens is 308 g/mol. The number of benzene rings is 2. The molecule has 0 fully saturated rings. The summed E-state index contributed by atoms with van der Waals surface area (Å²) in [7, 11) is 0. The highest BCUT2D eigenvalue weighted by Crippen LogP contribution is 2.24. The molecule has 4 nitrogen and oxygen atoms in total. The maximum absolute atomic E-state index is 4.57. The fraction of sp³-hybridized carbons (Fsp3) is 0.0952. The molecule has 2 aromatic heterocycles. The average Bonchev–Trinajstić information content (AvgIpc) is 2.69. The summed E-state index contributed by atoms with van der Waals surface area (Å²) >= 11 is 0. The summed E-state index contributed by atoms with van der Waals surface area (Å²) in [6, 6.07) is 24.8.